The zero-order valence-corrected chi connectivity index (χ0v) is 16.8. The van der Waals surface area contributed by atoms with E-state index in [-0.39, 0.29) is 5.88 Å². The molecule has 144 valence electrons. The van der Waals surface area contributed by atoms with Crippen molar-refractivity contribution in [1.82, 2.24) is 14.5 Å². The topological polar surface area (TPSA) is 84.9 Å². The Balaban J connectivity index is 1.79. The highest BCUT2D eigenvalue weighted by Gasteiger charge is 2.17. The number of fused-ring (bicyclic) bond motifs is 2. The first-order chi connectivity index (χ1) is 13.6. The second-order valence-electron chi connectivity index (χ2n) is 6.40. The van der Waals surface area contributed by atoms with Crippen molar-refractivity contribution >= 4 is 44.0 Å². The Kier molecular flexibility index (Phi) is 5.06. The van der Waals surface area contributed by atoms with Crippen LogP contribution in [0.25, 0.3) is 21.1 Å². The number of hydrogen-bond acceptors (Lipinski definition) is 7. The van der Waals surface area contributed by atoms with Crippen LogP contribution in [-0.4, -0.2) is 32.9 Å². The molecule has 3 heterocycles. The van der Waals surface area contributed by atoms with Gasteiger partial charge in [-0.3, -0.25) is 0 Å². The van der Waals surface area contributed by atoms with Gasteiger partial charge in [-0.15, -0.1) is 21.6 Å². The number of azo groups is 1. The maximum Gasteiger partial charge on any atom is 0.220 e. The third-order valence-corrected chi connectivity index (χ3v) is 5.89. The number of rotatable bonds is 6. The van der Waals surface area contributed by atoms with E-state index in [2.05, 4.69) is 27.1 Å². The maximum atomic E-state index is 10.8. The number of hydrogen-bond donors (Lipinski definition) is 1. The number of aromatic hydroxyl groups is 1. The molecule has 0 saturated carbocycles. The predicted octanol–water partition coefficient (Wildman–Crippen LogP) is 5.42. The molecule has 28 heavy (non-hydrogen) atoms. The fraction of sp³-hybridized carbons (Fsp3) is 0.300. The first-order valence-electron chi connectivity index (χ1n) is 9.12. The lowest BCUT2D eigenvalue weighted by molar-refractivity contribution is 0.138. The van der Waals surface area contributed by atoms with E-state index in [1.165, 1.54) is 11.2 Å². The molecule has 0 fully saturated rings. The number of thiophene rings is 1. The van der Waals surface area contributed by atoms with Gasteiger partial charge in [0.2, 0.25) is 5.88 Å². The highest BCUT2D eigenvalue weighted by Crippen LogP contribution is 2.40. The lowest BCUT2D eigenvalue weighted by Crippen LogP contribution is -2.05. The average Bonchev–Trinajstić information content (AvgIpc) is 3.14. The van der Waals surface area contributed by atoms with Gasteiger partial charge in [0.1, 0.15) is 11.2 Å². The largest absolute Gasteiger partial charge is 0.493 e. The van der Waals surface area contributed by atoms with Crippen LogP contribution in [0.4, 0.5) is 11.5 Å². The van der Waals surface area contributed by atoms with E-state index < -0.39 is 0 Å². The summed E-state index contributed by atoms with van der Waals surface area (Å²) >= 11 is 1.62. The minimum absolute atomic E-state index is 0.0770. The second kappa shape index (κ2) is 7.65. The third kappa shape index (κ3) is 3.14. The highest BCUT2D eigenvalue weighted by atomic mass is 32.1. The lowest BCUT2D eigenvalue weighted by Gasteiger charge is -2.06. The molecular weight excluding hydrogens is 374 g/mol. The Hall–Kier alpha value is -2.84. The first-order valence-corrected chi connectivity index (χ1v) is 9.93. The highest BCUT2D eigenvalue weighted by molar-refractivity contribution is 7.18. The van der Waals surface area contributed by atoms with E-state index in [1.54, 1.807) is 15.9 Å². The van der Waals surface area contributed by atoms with Crippen LogP contribution in [0.15, 0.2) is 40.8 Å². The second-order valence-corrected chi connectivity index (χ2v) is 7.60. The Labute approximate surface area is 166 Å². The van der Waals surface area contributed by atoms with Gasteiger partial charge < -0.3 is 14.4 Å². The van der Waals surface area contributed by atoms with Gasteiger partial charge >= 0.3 is 0 Å². The van der Waals surface area contributed by atoms with Crippen LogP contribution in [0.2, 0.25) is 0 Å². The van der Waals surface area contributed by atoms with Crippen molar-refractivity contribution in [3.05, 3.63) is 41.0 Å². The van der Waals surface area contributed by atoms with Gasteiger partial charge in [-0.25, -0.2) is 9.97 Å². The Bertz CT molecular complexity index is 1180. The van der Waals surface area contributed by atoms with Crippen molar-refractivity contribution < 1.29 is 9.84 Å². The van der Waals surface area contributed by atoms with Gasteiger partial charge in [-0.1, -0.05) is 18.2 Å². The molecule has 0 aliphatic heterocycles. The smallest absolute Gasteiger partial charge is 0.220 e. The molecule has 0 aliphatic rings. The quantitative estimate of drug-likeness (QED) is 0.349. The molecule has 0 aliphatic carbocycles. The summed E-state index contributed by atoms with van der Waals surface area (Å²) in [7, 11) is 0. The summed E-state index contributed by atoms with van der Waals surface area (Å²) in [6.45, 7) is 7.73. The number of aromatic nitrogens is 3. The van der Waals surface area contributed by atoms with E-state index in [9.17, 15) is 5.11 Å². The van der Waals surface area contributed by atoms with Crippen molar-refractivity contribution in [2.45, 2.75) is 27.3 Å². The number of para-hydroxylation sites is 1. The maximum absolute atomic E-state index is 10.8. The van der Waals surface area contributed by atoms with E-state index in [0.717, 1.165) is 26.7 Å². The van der Waals surface area contributed by atoms with Crippen molar-refractivity contribution in [3.63, 3.8) is 0 Å². The van der Waals surface area contributed by atoms with Gasteiger partial charge in [0.15, 0.2) is 11.5 Å². The number of benzene rings is 1. The molecule has 0 spiro atoms. The molecule has 0 unspecified atom stereocenters. The summed E-state index contributed by atoms with van der Waals surface area (Å²) in [4.78, 5) is 10.7. The third-order valence-electron chi connectivity index (χ3n) is 4.77. The van der Waals surface area contributed by atoms with Crippen LogP contribution in [0.5, 0.6) is 5.88 Å². The summed E-state index contributed by atoms with van der Waals surface area (Å²) in [6, 6.07) is 7.74. The van der Waals surface area contributed by atoms with Gasteiger partial charge in [0.05, 0.1) is 17.5 Å². The Morgan fingerprint density at radius 3 is 2.82 bits per heavy atom. The van der Waals surface area contributed by atoms with Crippen LogP contribution >= 0.6 is 11.3 Å². The average molecular weight is 395 g/mol. The van der Waals surface area contributed by atoms with Crippen LogP contribution in [0.1, 0.15) is 17.4 Å². The minimum atomic E-state index is 0.0770. The van der Waals surface area contributed by atoms with Gasteiger partial charge in [0.25, 0.3) is 0 Å². The number of aryl methyl sites for hydroxylation is 2. The van der Waals surface area contributed by atoms with E-state index in [0.29, 0.717) is 31.3 Å². The van der Waals surface area contributed by atoms with E-state index >= 15 is 0 Å². The fourth-order valence-corrected chi connectivity index (χ4v) is 4.23. The molecule has 4 rings (SSSR count). The van der Waals surface area contributed by atoms with Crippen LogP contribution in [0, 0.1) is 13.8 Å². The molecule has 0 bridgehead atoms. The van der Waals surface area contributed by atoms with E-state index in [1.807, 2.05) is 38.1 Å². The van der Waals surface area contributed by atoms with E-state index in [4.69, 9.17) is 4.74 Å². The van der Waals surface area contributed by atoms with Crippen LogP contribution in [-0.2, 0) is 11.3 Å². The first kappa shape index (κ1) is 18.5. The van der Waals surface area contributed by atoms with Gasteiger partial charge in [-0.2, -0.15) is 0 Å². The SMILES string of the molecule is CCOCCn1c(O)c(N=Nc2ncnc3sc(C)c(C)c23)c2ccccc21. The molecule has 0 atom stereocenters. The molecule has 7 nitrogen and oxygen atoms in total. The summed E-state index contributed by atoms with van der Waals surface area (Å²) < 4.78 is 7.24. The minimum Gasteiger partial charge on any atom is -0.493 e. The zero-order chi connectivity index (χ0) is 19.7. The zero-order valence-electron chi connectivity index (χ0n) is 16.0. The van der Waals surface area contributed by atoms with Crippen molar-refractivity contribution in [2.75, 3.05) is 13.2 Å². The van der Waals surface area contributed by atoms with Crippen LogP contribution in [0.3, 0.4) is 0 Å². The van der Waals surface area contributed by atoms with Crippen molar-refractivity contribution in [2.24, 2.45) is 10.2 Å². The standard InChI is InChI=1S/C20H21N5O2S/c1-4-27-10-9-25-15-8-6-5-7-14(15)17(20(25)26)23-24-18-16-12(2)13(3)28-19(16)22-11-21-18/h5-8,11,26H,4,9-10H2,1-3H3. The summed E-state index contributed by atoms with van der Waals surface area (Å²) in [6.07, 6.45) is 1.50. The normalized spacial score (nSPS) is 12.0. The molecular formula is C20H21N5O2S. The molecule has 8 heteroatoms. The van der Waals surface area contributed by atoms with Crippen molar-refractivity contribution in [3.8, 4) is 5.88 Å². The predicted molar refractivity (Wildman–Crippen MR) is 111 cm³/mol. The molecule has 3 aromatic heterocycles. The number of ether oxygens (including phenoxy) is 1. The summed E-state index contributed by atoms with van der Waals surface area (Å²) in [5.41, 5.74) is 2.44. The molecule has 0 saturated heterocycles. The monoisotopic (exact) mass is 395 g/mol. The van der Waals surface area contributed by atoms with Crippen molar-refractivity contribution in [1.29, 1.82) is 0 Å². The lowest BCUT2D eigenvalue weighted by atomic mass is 10.2. The Morgan fingerprint density at radius 1 is 1.18 bits per heavy atom. The molecule has 1 N–H and O–H groups in total. The summed E-state index contributed by atoms with van der Waals surface area (Å²) in [5.74, 6) is 0.588. The molecule has 0 radical (unpaired) electrons. The molecule has 4 aromatic rings. The molecule has 1 aromatic carbocycles. The Morgan fingerprint density at radius 2 is 2.00 bits per heavy atom. The fourth-order valence-electron chi connectivity index (χ4n) is 3.23. The summed E-state index contributed by atoms with van der Waals surface area (Å²) in [5, 5.41) is 21.3. The molecule has 0 amide bonds. The van der Waals surface area contributed by atoms with Gasteiger partial charge in [-0.05, 0) is 32.4 Å². The van der Waals surface area contributed by atoms with Gasteiger partial charge in [0, 0.05) is 23.4 Å². The number of nitrogens with zero attached hydrogens (tertiary/aromatic N) is 5. The van der Waals surface area contributed by atoms with Crippen LogP contribution < -0.4 is 0 Å².